The fraction of sp³-hybridized carbons (Fsp3) is 0.200. The number of benzene rings is 1. The quantitative estimate of drug-likeness (QED) is 0.538. The maximum Gasteiger partial charge on any atom is 0.275 e. The molecule has 7 nitrogen and oxygen atoms in total. The number of amides is 1. The van der Waals surface area contributed by atoms with Crippen LogP contribution in [0, 0.1) is 5.41 Å². The number of anilines is 1. The van der Waals surface area contributed by atoms with Crippen LogP contribution in [0.15, 0.2) is 41.3 Å². The molecule has 0 spiro atoms. The van der Waals surface area contributed by atoms with Crippen LogP contribution in [0.25, 0.3) is 0 Å². The van der Waals surface area contributed by atoms with Gasteiger partial charge in [0.15, 0.2) is 5.82 Å². The van der Waals surface area contributed by atoms with E-state index in [1.807, 2.05) is 0 Å². The normalized spacial score (nSPS) is 13.4. The van der Waals surface area contributed by atoms with E-state index in [2.05, 4.69) is 31.2 Å². The minimum absolute atomic E-state index is 0.173. The van der Waals surface area contributed by atoms with Gasteiger partial charge in [0, 0.05) is 5.56 Å². The van der Waals surface area contributed by atoms with E-state index in [0.29, 0.717) is 22.0 Å². The minimum atomic E-state index is -0.563. The van der Waals surface area contributed by atoms with Crippen molar-refractivity contribution in [2.24, 2.45) is 0 Å². The van der Waals surface area contributed by atoms with Crippen molar-refractivity contribution in [3.63, 3.8) is 0 Å². The Bertz CT molecular complexity index is 735. The second kappa shape index (κ2) is 7.73. The molecule has 1 aromatic heterocycles. The Morgan fingerprint density at radius 1 is 1.25 bits per heavy atom. The zero-order valence-electron chi connectivity index (χ0n) is 12.4. The summed E-state index contributed by atoms with van der Waals surface area (Å²) in [6.45, 7) is 0. The number of nitrogens with one attached hydrogen (secondary N) is 2. The lowest BCUT2D eigenvalue weighted by atomic mass is 10.1. The van der Waals surface area contributed by atoms with Gasteiger partial charge < -0.3 is 9.50 Å². The highest BCUT2D eigenvalue weighted by Gasteiger charge is 2.23. The van der Waals surface area contributed by atoms with Crippen molar-refractivity contribution in [2.45, 2.75) is 18.9 Å². The summed E-state index contributed by atoms with van der Waals surface area (Å²) in [6, 6.07) is 6.64. The van der Waals surface area contributed by atoms with Gasteiger partial charge in [-0.25, -0.2) is 9.97 Å². The monoisotopic (exact) mass is 408 g/mol. The number of halogens is 1. The average molecular weight is 409 g/mol. The molecule has 1 heterocycles. The summed E-state index contributed by atoms with van der Waals surface area (Å²) in [4.78, 5) is 20.0. The predicted octanol–water partition coefficient (Wildman–Crippen LogP) is 3.37. The van der Waals surface area contributed by atoms with Crippen LogP contribution < -0.4 is 9.50 Å². The molecule has 1 aliphatic rings. The van der Waals surface area contributed by atoms with E-state index in [1.54, 1.807) is 24.3 Å². The van der Waals surface area contributed by atoms with Gasteiger partial charge in [0.05, 0.1) is 18.5 Å². The minimum Gasteiger partial charge on any atom is -0.400 e. The van der Waals surface area contributed by atoms with Crippen molar-refractivity contribution >= 4 is 45.7 Å². The van der Waals surface area contributed by atoms with Crippen molar-refractivity contribution in [3.05, 3.63) is 46.8 Å². The summed E-state index contributed by atoms with van der Waals surface area (Å²) >= 11 is 4.11. The molecule has 124 valence electrons. The molecular weight excluding hydrogens is 396 g/mol. The SMILES string of the molecule is N=C(C(=O)Nc1cnc(Br)cn1)c1ccc(OSOC2CC2)cc1. The van der Waals surface area contributed by atoms with Crippen LogP contribution in [-0.2, 0) is 8.98 Å². The van der Waals surface area contributed by atoms with Gasteiger partial charge in [-0.2, -0.15) is 0 Å². The van der Waals surface area contributed by atoms with Gasteiger partial charge >= 0.3 is 0 Å². The molecule has 1 fully saturated rings. The average Bonchev–Trinajstić information content (AvgIpc) is 3.41. The van der Waals surface area contributed by atoms with Crippen LogP contribution in [0.4, 0.5) is 5.82 Å². The molecule has 1 aromatic carbocycles. The molecule has 1 saturated carbocycles. The maximum absolute atomic E-state index is 12.1. The molecule has 2 aromatic rings. The number of carbonyl (C=O) groups excluding carboxylic acids is 1. The standard InChI is InChI=1S/C15H13BrN4O3S/c16-12-7-19-13(8-18-12)20-15(21)14(17)9-1-3-10(4-2-9)22-24-23-11-5-6-11/h1-4,7-8,11,17H,5-6H2,(H,19,20,21). The molecule has 3 rings (SSSR count). The molecule has 0 atom stereocenters. The molecule has 1 amide bonds. The van der Waals surface area contributed by atoms with Crippen molar-refractivity contribution in [3.8, 4) is 5.75 Å². The lowest BCUT2D eigenvalue weighted by Crippen LogP contribution is -2.23. The lowest BCUT2D eigenvalue weighted by Gasteiger charge is -2.07. The van der Waals surface area contributed by atoms with E-state index in [-0.39, 0.29) is 11.5 Å². The van der Waals surface area contributed by atoms with Crippen molar-refractivity contribution < 1.29 is 13.2 Å². The van der Waals surface area contributed by atoms with Crippen molar-refractivity contribution in [1.29, 1.82) is 5.41 Å². The van der Waals surface area contributed by atoms with Crippen LogP contribution in [0.5, 0.6) is 5.75 Å². The zero-order valence-corrected chi connectivity index (χ0v) is 14.8. The Balaban J connectivity index is 1.54. The summed E-state index contributed by atoms with van der Waals surface area (Å²) in [5, 5.41) is 10.5. The number of carbonyl (C=O) groups is 1. The first-order valence-corrected chi connectivity index (χ1v) is 8.55. The van der Waals surface area contributed by atoms with E-state index < -0.39 is 5.91 Å². The second-order valence-corrected chi connectivity index (χ2v) is 6.33. The molecule has 0 bridgehead atoms. The van der Waals surface area contributed by atoms with Crippen molar-refractivity contribution in [2.75, 3.05) is 5.32 Å². The number of rotatable bonds is 7. The largest absolute Gasteiger partial charge is 0.400 e. The van der Waals surface area contributed by atoms with Crippen LogP contribution in [0.2, 0.25) is 0 Å². The molecule has 1 aliphatic carbocycles. The summed E-state index contributed by atoms with van der Waals surface area (Å²) in [5.41, 5.74) is 0.297. The lowest BCUT2D eigenvalue weighted by molar-refractivity contribution is -0.110. The molecule has 24 heavy (non-hydrogen) atoms. The Morgan fingerprint density at radius 2 is 2.00 bits per heavy atom. The van der Waals surface area contributed by atoms with Gasteiger partial charge in [-0.1, -0.05) is 0 Å². The van der Waals surface area contributed by atoms with Gasteiger partial charge in [0.2, 0.25) is 12.3 Å². The molecule has 0 aliphatic heterocycles. The number of hydrogen-bond acceptors (Lipinski definition) is 7. The number of hydrogen-bond donors (Lipinski definition) is 2. The number of nitrogens with zero attached hydrogens (tertiary/aromatic N) is 2. The molecule has 2 N–H and O–H groups in total. The smallest absolute Gasteiger partial charge is 0.275 e. The molecular formula is C15H13BrN4O3S. The van der Waals surface area contributed by atoms with E-state index in [1.165, 1.54) is 12.4 Å². The van der Waals surface area contributed by atoms with E-state index in [9.17, 15) is 4.79 Å². The Kier molecular flexibility index (Phi) is 5.44. The van der Waals surface area contributed by atoms with Crippen LogP contribution in [0.3, 0.4) is 0 Å². The zero-order chi connectivity index (χ0) is 16.9. The molecule has 0 saturated heterocycles. The van der Waals surface area contributed by atoms with Crippen molar-refractivity contribution in [1.82, 2.24) is 9.97 Å². The van der Waals surface area contributed by atoms with Gasteiger partial charge in [0.25, 0.3) is 5.91 Å². The highest BCUT2D eigenvalue weighted by molar-refractivity contribution is 9.10. The Morgan fingerprint density at radius 3 is 2.62 bits per heavy atom. The topological polar surface area (TPSA) is 97.2 Å². The first-order chi connectivity index (χ1) is 11.6. The predicted molar refractivity (Wildman–Crippen MR) is 94.0 cm³/mol. The van der Waals surface area contributed by atoms with Crippen LogP contribution in [-0.4, -0.2) is 27.7 Å². The van der Waals surface area contributed by atoms with Crippen LogP contribution >= 0.6 is 28.3 Å². The fourth-order valence-corrected chi connectivity index (χ4v) is 2.38. The summed E-state index contributed by atoms with van der Waals surface area (Å²) in [6.07, 6.45) is 5.32. The summed E-state index contributed by atoms with van der Waals surface area (Å²) < 4.78 is 11.2. The third-order valence-corrected chi connectivity index (χ3v) is 4.08. The Labute approximate surface area is 151 Å². The van der Waals surface area contributed by atoms with Crippen LogP contribution in [0.1, 0.15) is 18.4 Å². The first-order valence-electron chi connectivity index (χ1n) is 7.10. The fourth-order valence-electron chi connectivity index (χ4n) is 1.64. The van der Waals surface area contributed by atoms with Gasteiger partial charge in [-0.05, 0) is 53.0 Å². The van der Waals surface area contributed by atoms with Gasteiger partial charge in [0.1, 0.15) is 16.1 Å². The van der Waals surface area contributed by atoms with Gasteiger partial charge in [-0.3, -0.25) is 14.4 Å². The van der Waals surface area contributed by atoms with E-state index >= 15 is 0 Å². The number of aromatic nitrogens is 2. The third kappa shape index (κ3) is 4.76. The van der Waals surface area contributed by atoms with Gasteiger partial charge in [-0.15, -0.1) is 0 Å². The molecule has 0 radical (unpaired) electrons. The molecule has 0 unspecified atom stereocenters. The van der Waals surface area contributed by atoms with E-state index in [4.69, 9.17) is 13.8 Å². The third-order valence-electron chi connectivity index (χ3n) is 3.06. The molecule has 9 heteroatoms. The first kappa shape index (κ1) is 16.9. The highest BCUT2D eigenvalue weighted by atomic mass is 79.9. The summed E-state index contributed by atoms with van der Waals surface area (Å²) in [7, 11) is 0. The maximum atomic E-state index is 12.1. The van der Waals surface area contributed by atoms with E-state index in [0.717, 1.165) is 25.2 Å². The second-order valence-electron chi connectivity index (χ2n) is 5.02. The highest BCUT2D eigenvalue weighted by Crippen LogP contribution is 2.29. The summed E-state index contributed by atoms with van der Waals surface area (Å²) in [5.74, 6) is 0.310. The Hall–Kier alpha value is -1.97.